The van der Waals surface area contributed by atoms with Crippen LogP contribution >= 0.6 is 22.7 Å². The molecule has 2 aromatic heterocycles. The van der Waals surface area contributed by atoms with Crippen LogP contribution in [0.4, 0.5) is 10.1 Å². The second-order valence-corrected chi connectivity index (χ2v) is 5.59. The Hall–Kier alpha value is -1.93. The maximum Gasteiger partial charge on any atom is 0.341 e. The first kappa shape index (κ1) is 14.5. The van der Waals surface area contributed by atoms with Crippen LogP contribution in [0.2, 0.25) is 0 Å². The lowest BCUT2D eigenvalue weighted by Gasteiger charge is -2.05. The molecular formula is C12H13N3O3S2. The average Bonchev–Trinajstić information content (AvgIpc) is 2.99. The zero-order valence-electron chi connectivity index (χ0n) is 10.7. The van der Waals surface area contributed by atoms with Gasteiger partial charge in [0.15, 0.2) is 5.13 Å². The van der Waals surface area contributed by atoms with Crippen molar-refractivity contribution in [3.63, 3.8) is 0 Å². The van der Waals surface area contributed by atoms with Gasteiger partial charge in [0.05, 0.1) is 24.3 Å². The third-order valence-corrected chi connectivity index (χ3v) is 3.88. The smallest absolute Gasteiger partial charge is 0.341 e. The molecule has 8 heteroatoms. The number of nitrogen functional groups attached to an aromatic ring is 1. The lowest BCUT2D eigenvalue weighted by atomic mass is 10.3. The SMILES string of the molecule is CCOC(=O)c1ccsc1NC(=O)Cc1csc(N)n1. The number of nitrogens with zero attached hydrogens (tertiary/aromatic N) is 1. The number of ether oxygens (including phenoxy) is 1. The maximum absolute atomic E-state index is 11.9. The Bertz CT molecular complexity index is 621. The van der Waals surface area contributed by atoms with Gasteiger partial charge in [-0.1, -0.05) is 0 Å². The fourth-order valence-electron chi connectivity index (χ4n) is 1.51. The summed E-state index contributed by atoms with van der Waals surface area (Å²) in [7, 11) is 0. The summed E-state index contributed by atoms with van der Waals surface area (Å²) in [6.07, 6.45) is 0.119. The number of carbonyl (C=O) groups excluding carboxylic acids is 2. The van der Waals surface area contributed by atoms with Gasteiger partial charge in [0.1, 0.15) is 5.00 Å². The normalized spacial score (nSPS) is 10.2. The molecule has 2 aromatic rings. The molecule has 2 rings (SSSR count). The first-order valence-electron chi connectivity index (χ1n) is 5.84. The Morgan fingerprint density at radius 1 is 1.45 bits per heavy atom. The van der Waals surface area contributed by atoms with E-state index in [1.165, 1.54) is 22.7 Å². The lowest BCUT2D eigenvalue weighted by Crippen LogP contribution is -2.16. The van der Waals surface area contributed by atoms with Gasteiger partial charge in [0, 0.05) is 5.38 Å². The number of thiazole rings is 1. The van der Waals surface area contributed by atoms with Gasteiger partial charge in [-0.05, 0) is 18.4 Å². The number of hydrogen-bond acceptors (Lipinski definition) is 7. The molecule has 0 radical (unpaired) electrons. The van der Waals surface area contributed by atoms with E-state index in [4.69, 9.17) is 10.5 Å². The van der Waals surface area contributed by atoms with Crippen molar-refractivity contribution in [1.82, 2.24) is 4.98 Å². The number of hydrogen-bond donors (Lipinski definition) is 2. The van der Waals surface area contributed by atoms with Gasteiger partial charge in [0.2, 0.25) is 5.91 Å². The summed E-state index contributed by atoms with van der Waals surface area (Å²) in [5.74, 6) is -0.690. The molecule has 1 amide bonds. The van der Waals surface area contributed by atoms with Crippen LogP contribution in [0.25, 0.3) is 0 Å². The fraction of sp³-hybridized carbons (Fsp3) is 0.250. The highest BCUT2D eigenvalue weighted by Gasteiger charge is 2.16. The Morgan fingerprint density at radius 3 is 2.90 bits per heavy atom. The van der Waals surface area contributed by atoms with Gasteiger partial charge in [-0.15, -0.1) is 22.7 Å². The predicted octanol–water partition coefficient (Wildman–Crippen LogP) is 2.14. The van der Waals surface area contributed by atoms with E-state index in [0.717, 1.165) is 0 Å². The molecule has 0 fully saturated rings. The van der Waals surface area contributed by atoms with Crippen LogP contribution < -0.4 is 11.1 Å². The van der Waals surface area contributed by atoms with Crippen molar-refractivity contribution >= 4 is 44.7 Å². The molecule has 0 saturated carbocycles. The van der Waals surface area contributed by atoms with Crippen molar-refractivity contribution < 1.29 is 14.3 Å². The quantitative estimate of drug-likeness (QED) is 0.825. The highest BCUT2D eigenvalue weighted by atomic mass is 32.1. The number of esters is 1. The third-order valence-electron chi connectivity index (χ3n) is 2.32. The zero-order valence-corrected chi connectivity index (χ0v) is 12.3. The van der Waals surface area contributed by atoms with Crippen LogP contribution in [0.5, 0.6) is 0 Å². The molecule has 106 valence electrons. The zero-order chi connectivity index (χ0) is 14.5. The molecule has 0 aliphatic heterocycles. The number of rotatable bonds is 5. The summed E-state index contributed by atoms with van der Waals surface area (Å²) in [6, 6.07) is 1.62. The number of carbonyl (C=O) groups is 2. The molecule has 0 aliphatic rings. The van der Waals surface area contributed by atoms with Crippen LogP contribution in [0.15, 0.2) is 16.8 Å². The van der Waals surface area contributed by atoms with E-state index < -0.39 is 5.97 Å². The molecule has 20 heavy (non-hydrogen) atoms. The topological polar surface area (TPSA) is 94.3 Å². The minimum Gasteiger partial charge on any atom is -0.462 e. The van der Waals surface area contributed by atoms with Gasteiger partial charge >= 0.3 is 5.97 Å². The van der Waals surface area contributed by atoms with Crippen LogP contribution in [0, 0.1) is 0 Å². The molecule has 0 unspecified atom stereocenters. The van der Waals surface area contributed by atoms with Crippen molar-refractivity contribution in [2.75, 3.05) is 17.7 Å². The summed E-state index contributed by atoms with van der Waals surface area (Å²) in [5.41, 5.74) is 6.48. The van der Waals surface area contributed by atoms with Gasteiger partial charge in [-0.25, -0.2) is 9.78 Å². The Kier molecular flexibility index (Phi) is 4.70. The second kappa shape index (κ2) is 6.49. The highest BCUT2D eigenvalue weighted by molar-refractivity contribution is 7.14. The lowest BCUT2D eigenvalue weighted by molar-refractivity contribution is -0.115. The Labute approximate surface area is 123 Å². The van der Waals surface area contributed by atoms with E-state index >= 15 is 0 Å². The van der Waals surface area contributed by atoms with E-state index in [0.29, 0.717) is 28.0 Å². The van der Waals surface area contributed by atoms with Crippen LogP contribution in [0.3, 0.4) is 0 Å². The Balaban J connectivity index is 2.01. The minimum absolute atomic E-state index is 0.119. The first-order valence-corrected chi connectivity index (χ1v) is 7.60. The highest BCUT2D eigenvalue weighted by Crippen LogP contribution is 2.24. The van der Waals surface area contributed by atoms with E-state index in [1.54, 1.807) is 23.8 Å². The van der Waals surface area contributed by atoms with Crippen LogP contribution in [-0.2, 0) is 16.0 Å². The Morgan fingerprint density at radius 2 is 2.25 bits per heavy atom. The monoisotopic (exact) mass is 311 g/mol. The van der Waals surface area contributed by atoms with Crippen molar-refractivity contribution in [2.45, 2.75) is 13.3 Å². The molecule has 3 N–H and O–H groups in total. The summed E-state index contributed by atoms with van der Waals surface area (Å²) in [6.45, 7) is 2.02. The van der Waals surface area contributed by atoms with E-state index in [1.807, 2.05) is 0 Å². The maximum atomic E-state index is 11.9. The summed E-state index contributed by atoms with van der Waals surface area (Å²) in [5, 5.41) is 7.06. The molecule has 0 atom stereocenters. The van der Waals surface area contributed by atoms with Crippen molar-refractivity contribution in [3.8, 4) is 0 Å². The number of thiophene rings is 1. The molecule has 2 heterocycles. The summed E-state index contributed by atoms with van der Waals surface area (Å²) < 4.78 is 4.92. The minimum atomic E-state index is -0.443. The largest absolute Gasteiger partial charge is 0.462 e. The van der Waals surface area contributed by atoms with Crippen molar-refractivity contribution in [2.24, 2.45) is 0 Å². The van der Waals surface area contributed by atoms with E-state index in [-0.39, 0.29) is 12.3 Å². The molecule has 6 nitrogen and oxygen atoms in total. The van der Waals surface area contributed by atoms with Gasteiger partial charge < -0.3 is 15.8 Å². The van der Waals surface area contributed by atoms with Crippen LogP contribution in [-0.4, -0.2) is 23.5 Å². The van der Waals surface area contributed by atoms with Crippen molar-refractivity contribution in [1.29, 1.82) is 0 Å². The molecule has 0 spiro atoms. The number of amides is 1. The molecule has 0 bridgehead atoms. The number of nitrogens with two attached hydrogens (primary N) is 1. The average molecular weight is 311 g/mol. The van der Waals surface area contributed by atoms with Gasteiger partial charge in [-0.3, -0.25) is 4.79 Å². The fourth-order valence-corrected chi connectivity index (χ4v) is 2.87. The molecular weight excluding hydrogens is 298 g/mol. The van der Waals surface area contributed by atoms with Crippen LogP contribution in [0.1, 0.15) is 23.0 Å². The second-order valence-electron chi connectivity index (χ2n) is 3.79. The summed E-state index contributed by atoms with van der Waals surface area (Å²) in [4.78, 5) is 27.6. The number of anilines is 2. The number of nitrogens with one attached hydrogen (secondary N) is 1. The molecule has 0 saturated heterocycles. The van der Waals surface area contributed by atoms with E-state index in [9.17, 15) is 9.59 Å². The third kappa shape index (κ3) is 3.55. The molecule has 0 aromatic carbocycles. The predicted molar refractivity (Wildman–Crippen MR) is 79.1 cm³/mol. The van der Waals surface area contributed by atoms with Gasteiger partial charge in [-0.2, -0.15) is 0 Å². The summed E-state index contributed by atoms with van der Waals surface area (Å²) >= 11 is 2.56. The molecule has 0 aliphatic carbocycles. The van der Waals surface area contributed by atoms with Gasteiger partial charge in [0.25, 0.3) is 0 Å². The van der Waals surface area contributed by atoms with Crippen molar-refractivity contribution in [3.05, 3.63) is 28.1 Å². The van der Waals surface area contributed by atoms with E-state index in [2.05, 4.69) is 10.3 Å². The first-order chi connectivity index (χ1) is 9.60. The standard InChI is InChI=1S/C12H13N3O3S2/c1-2-18-11(17)8-3-4-19-10(8)15-9(16)5-7-6-20-12(13)14-7/h3-4,6H,2,5H2,1H3,(H2,13,14)(H,15,16). The number of aromatic nitrogens is 1.